The number of carboxylic acid groups (broad SMARTS) is 2. The van der Waals surface area contributed by atoms with Gasteiger partial charge in [-0.05, 0) is 12.1 Å². The topological polar surface area (TPSA) is 110 Å². The molecule has 2 N–H and O–H groups in total. The Morgan fingerprint density at radius 2 is 1.15 bits per heavy atom. The summed E-state index contributed by atoms with van der Waals surface area (Å²) in [5, 5.41) is 18.7. The molecule has 0 fully saturated rings. The third-order valence-corrected chi connectivity index (χ3v) is 3.37. The molecule has 26 heavy (non-hydrogen) atoms. The van der Waals surface area contributed by atoms with E-state index in [-0.39, 0.29) is 11.3 Å². The predicted molar refractivity (Wildman–Crippen MR) is 91.3 cm³/mol. The van der Waals surface area contributed by atoms with Crippen LogP contribution in [0.4, 0.5) is 0 Å². The van der Waals surface area contributed by atoms with Crippen molar-refractivity contribution in [2.24, 2.45) is 0 Å². The van der Waals surface area contributed by atoms with Crippen LogP contribution in [0.25, 0.3) is 5.76 Å². The van der Waals surface area contributed by atoms with Crippen molar-refractivity contribution in [3.8, 4) is 0 Å². The molecule has 2 aromatic rings. The van der Waals surface area contributed by atoms with E-state index >= 15 is 0 Å². The zero-order chi connectivity index (χ0) is 19.1. The van der Waals surface area contributed by atoms with Gasteiger partial charge < -0.3 is 19.7 Å². The molecule has 0 heterocycles. The Hall–Kier alpha value is -3.61. The fraction of sp³-hybridized carbons (Fsp3) is 0.105. The van der Waals surface area contributed by atoms with Crippen LogP contribution >= 0.6 is 0 Å². The molecule has 0 aliphatic rings. The second-order valence-electron chi connectivity index (χ2n) is 5.20. The first-order valence-corrected chi connectivity index (χ1v) is 7.52. The Kier molecular flexibility index (Phi) is 6.10. The molecule has 2 atom stereocenters. The second kappa shape index (κ2) is 8.48. The molecule has 7 nitrogen and oxygen atoms in total. The van der Waals surface area contributed by atoms with Crippen LogP contribution in [-0.2, 0) is 19.1 Å². The van der Waals surface area contributed by atoms with Crippen LogP contribution in [0.1, 0.15) is 15.9 Å². The highest BCUT2D eigenvalue weighted by Gasteiger charge is 2.40. The van der Waals surface area contributed by atoms with Crippen LogP contribution in [0.15, 0.2) is 67.2 Å². The molecule has 0 spiro atoms. The van der Waals surface area contributed by atoms with E-state index < -0.39 is 30.1 Å². The Morgan fingerprint density at radius 3 is 1.62 bits per heavy atom. The molecular formula is C19H16O7. The van der Waals surface area contributed by atoms with Gasteiger partial charge in [0, 0.05) is 5.56 Å². The molecular weight excluding hydrogens is 340 g/mol. The lowest BCUT2D eigenvalue weighted by molar-refractivity contribution is -0.165. The van der Waals surface area contributed by atoms with Gasteiger partial charge in [-0.1, -0.05) is 55.1 Å². The second-order valence-corrected chi connectivity index (χ2v) is 5.20. The van der Waals surface area contributed by atoms with Gasteiger partial charge in [-0.15, -0.1) is 0 Å². The van der Waals surface area contributed by atoms with Crippen LogP contribution in [0.2, 0.25) is 0 Å². The first kappa shape index (κ1) is 18.7. The van der Waals surface area contributed by atoms with E-state index in [4.69, 9.17) is 9.47 Å². The van der Waals surface area contributed by atoms with Crippen LogP contribution in [0.5, 0.6) is 0 Å². The van der Waals surface area contributed by atoms with Crippen molar-refractivity contribution >= 4 is 23.7 Å². The van der Waals surface area contributed by atoms with E-state index in [9.17, 15) is 24.6 Å². The number of ether oxygens (including phenoxy) is 2. The molecule has 0 saturated carbocycles. The third-order valence-electron chi connectivity index (χ3n) is 3.37. The van der Waals surface area contributed by atoms with E-state index in [2.05, 4.69) is 6.58 Å². The monoisotopic (exact) mass is 356 g/mol. The summed E-state index contributed by atoms with van der Waals surface area (Å²) in [5.74, 6) is -4.28. The molecule has 2 aromatic carbocycles. The highest BCUT2D eigenvalue weighted by Crippen LogP contribution is 2.19. The highest BCUT2D eigenvalue weighted by atomic mass is 16.6. The minimum Gasteiger partial charge on any atom is -0.478 e. The van der Waals surface area contributed by atoms with Crippen molar-refractivity contribution in [2.45, 2.75) is 12.2 Å². The molecule has 134 valence electrons. The number of carbonyl (C=O) groups is 3. The molecule has 0 aliphatic carbocycles. The summed E-state index contributed by atoms with van der Waals surface area (Å²) in [6, 6.07) is 16.0. The zero-order valence-corrected chi connectivity index (χ0v) is 13.6. The highest BCUT2D eigenvalue weighted by molar-refractivity contribution is 5.93. The lowest BCUT2D eigenvalue weighted by Gasteiger charge is -2.22. The Morgan fingerprint density at radius 1 is 0.731 bits per heavy atom. The summed E-state index contributed by atoms with van der Waals surface area (Å²) in [5.41, 5.74) is 0.557. The van der Waals surface area contributed by atoms with Gasteiger partial charge in [-0.3, -0.25) is 0 Å². The van der Waals surface area contributed by atoms with E-state index in [0.29, 0.717) is 5.56 Å². The summed E-state index contributed by atoms with van der Waals surface area (Å²) in [6.07, 6.45) is -4.02. The number of benzene rings is 2. The molecule has 0 bridgehead atoms. The standard InChI is InChI=1S/C19H16O7/c1-12(13-8-4-2-5-9-13)25-15(17(20)21)16(18(22)23)26-19(24)14-10-6-3-7-11-14/h2-11,15-16H,1H2,(H,20,21)(H,22,23)/t15-,16-/m0/s1. The molecule has 0 amide bonds. The molecule has 0 saturated heterocycles. The number of rotatable bonds is 8. The fourth-order valence-electron chi connectivity index (χ4n) is 2.09. The average Bonchev–Trinajstić information content (AvgIpc) is 2.65. The number of esters is 1. The largest absolute Gasteiger partial charge is 0.478 e. The lowest BCUT2D eigenvalue weighted by atomic mass is 10.1. The van der Waals surface area contributed by atoms with Gasteiger partial charge in [-0.2, -0.15) is 0 Å². The first-order chi connectivity index (χ1) is 12.4. The van der Waals surface area contributed by atoms with Crippen molar-refractivity contribution in [1.29, 1.82) is 0 Å². The van der Waals surface area contributed by atoms with Crippen molar-refractivity contribution < 1.29 is 34.1 Å². The summed E-state index contributed by atoms with van der Waals surface area (Å²) >= 11 is 0. The maximum absolute atomic E-state index is 12.1. The SMILES string of the molecule is C=C(O[C@H](C(=O)O)[C@H](OC(=O)c1ccccc1)C(=O)O)c1ccccc1. The molecule has 0 unspecified atom stereocenters. The first-order valence-electron chi connectivity index (χ1n) is 7.52. The molecule has 0 radical (unpaired) electrons. The Bertz CT molecular complexity index is 730. The predicted octanol–water partition coefficient (Wildman–Crippen LogP) is 2.44. The van der Waals surface area contributed by atoms with E-state index in [1.54, 1.807) is 48.5 Å². The molecule has 0 aliphatic heterocycles. The maximum atomic E-state index is 12.1. The summed E-state index contributed by atoms with van der Waals surface area (Å²) < 4.78 is 10.1. The normalized spacial score (nSPS) is 12.5. The van der Waals surface area contributed by atoms with E-state index in [1.807, 2.05) is 0 Å². The number of aliphatic carboxylic acids is 2. The number of hydrogen-bond acceptors (Lipinski definition) is 5. The Balaban J connectivity index is 2.20. The minimum absolute atomic E-state index is 0.0555. The van der Waals surface area contributed by atoms with Crippen molar-refractivity contribution in [3.05, 3.63) is 78.4 Å². The molecule has 2 rings (SSSR count). The number of carbonyl (C=O) groups excluding carboxylic acids is 1. The van der Waals surface area contributed by atoms with Gasteiger partial charge in [0.2, 0.25) is 12.2 Å². The van der Waals surface area contributed by atoms with E-state index in [0.717, 1.165) is 0 Å². The zero-order valence-electron chi connectivity index (χ0n) is 13.6. The minimum atomic E-state index is -2.05. The quantitative estimate of drug-likeness (QED) is 0.552. The van der Waals surface area contributed by atoms with Gasteiger partial charge in [0.15, 0.2) is 0 Å². The van der Waals surface area contributed by atoms with Crippen molar-refractivity contribution in [1.82, 2.24) is 0 Å². The van der Waals surface area contributed by atoms with Gasteiger partial charge in [0.25, 0.3) is 0 Å². The fourth-order valence-corrected chi connectivity index (χ4v) is 2.09. The van der Waals surface area contributed by atoms with Crippen LogP contribution in [-0.4, -0.2) is 40.3 Å². The maximum Gasteiger partial charge on any atom is 0.349 e. The summed E-state index contributed by atoms with van der Waals surface area (Å²) in [7, 11) is 0. The molecule has 7 heteroatoms. The number of hydrogen-bond donors (Lipinski definition) is 2. The molecule has 0 aromatic heterocycles. The number of carboxylic acids is 2. The lowest BCUT2D eigenvalue weighted by Crippen LogP contribution is -2.44. The van der Waals surface area contributed by atoms with Gasteiger partial charge in [0.05, 0.1) is 5.56 Å². The van der Waals surface area contributed by atoms with Gasteiger partial charge >= 0.3 is 17.9 Å². The average molecular weight is 356 g/mol. The van der Waals surface area contributed by atoms with Crippen LogP contribution in [0.3, 0.4) is 0 Å². The third kappa shape index (κ3) is 4.70. The van der Waals surface area contributed by atoms with Crippen LogP contribution < -0.4 is 0 Å². The summed E-state index contributed by atoms with van der Waals surface area (Å²) in [4.78, 5) is 35.1. The smallest absolute Gasteiger partial charge is 0.349 e. The Labute approximate surface area is 149 Å². The van der Waals surface area contributed by atoms with E-state index in [1.165, 1.54) is 12.1 Å². The summed E-state index contributed by atoms with van der Waals surface area (Å²) in [6.45, 7) is 3.61. The van der Waals surface area contributed by atoms with Gasteiger partial charge in [0.1, 0.15) is 5.76 Å². The van der Waals surface area contributed by atoms with Crippen molar-refractivity contribution in [2.75, 3.05) is 0 Å². The van der Waals surface area contributed by atoms with Crippen molar-refractivity contribution in [3.63, 3.8) is 0 Å². The van der Waals surface area contributed by atoms with Gasteiger partial charge in [-0.25, -0.2) is 14.4 Å². The van der Waals surface area contributed by atoms with Crippen LogP contribution in [0, 0.1) is 0 Å².